The molecule has 0 amide bonds. The summed E-state index contributed by atoms with van der Waals surface area (Å²) in [7, 11) is 0. The van der Waals surface area contributed by atoms with Crippen molar-refractivity contribution >= 4 is 22.9 Å². The van der Waals surface area contributed by atoms with Crippen LogP contribution < -0.4 is 0 Å². The van der Waals surface area contributed by atoms with Gasteiger partial charge in [0.2, 0.25) is 0 Å². The quantitative estimate of drug-likeness (QED) is 0.646. The average Bonchev–Trinajstić information content (AvgIpc) is 2.11. The third kappa shape index (κ3) is 1.51. The molecule has 0 saturated heterocycles. The molecule has 56 valence electrons. The highest BCUT2D eigenvalue weighted by atomic mass is 127. The number of aromatic nitrogens is 2. The van der Waals surface area contributed by atoms with E-state index in [0.717, 1.165) is 5.82 Å². The Kier molecular flexibility index (Phi) is 2.03. The zero-order valence-electron chi connectivity index (χ0n) is 6.43. The zero-order valence-corrected chi connectivity index (χ0v) is 8.58. The van der Waals surface area contributed by atoms with E-state index >= 15 is 0 Å². The summed E-state index contributed by atoms with van der Waals surface area (Å²) in [6.07, 6.45) is 3.79. The van der Waals surface area contributed by atoms with Gasteiger partial charge in [0.05, 0.1) is 22.9 Å². The first-order valence-corrected chi connectivity index (χ1v) is 4.18. The minimum atomic E-state index is 0.157. The minimum Gasteiger partial charge on any atom is -0.276 e. The van der Waals surface area contributed by atoms with Gasteiger partial charge in [-0.25, -0.2) is 4.98 Å². The summed E-state index contributed by atoms with van der Waals surface area (Å²) in [5, 5.41) is 0. The van der Waals surface area contributed by atoms with Crippen molar-refractivity contribution in [3.8, 4) is 0 Å². The second-order valence-electron chi connectivity index (χ2n) is 3.31. The van der Waals surface area contributed by atoms with Crippen molar-refractivity contribution in [3.63, 3.8) is 0 Å². The maximum Gasteiger partial charge on any atom is 0.122 e. The molecule has 2 nitrogen and oxygen atoms in total. The maximum absolute atomic E-state index is 4.24. The molecular weight excluding hydrogens is 239 g/mol. The van der Waals surface area contributed by atoms with E-state index < -0.39 is 0 Å². The lowest BCUT2D eigenvalue weighted by Crippen LogP contribution is -2.15. The molecule has 0 N–H and O–H groups in total. The van der Waals surface area contributed by atoms with Crippen molar-refractivity contribution in [1.29, 1.82) is 0 Å². The average molecular weight is 250 g/mol. The van der Waals surface area contributed by atoms with Gasteiger partial charge in [0.15, 0.2) is 0 Å². The van der Waals surface area contributed by atoms with Gasteiger partial charge in [-0.15, -0.1) is 0 Å². The summed E-state index contributed by atoms with van der Waals surface area (Å²) in [5.74, 6) is 1.12. The molecule has 0 radical (unpaired) electrons. The van der Waals surface area contributed by atoms with Crippen molar-refractivity contribution in [2.45, 2.75) is 26.2 Å². The van der Waals surface area contributed by atoms with Crippen LogP contribution in [-0.4, -0.2) is 7.76 Å². The molecule has 1 rings (SSSR count). The van der Waals surface area contributed by atoms with Crippen molar-refractivity contribution in [3.05, 3.63) is 18.2 Å². The van der Waals surface area contributed by atoms with E-state index in [1.54, 1.807) is 0 Å². The van der Waals surface area contributed by atoms with Gasteiger partial charge >= 0.3 is 0 Å². The fourth-order valence-electron chi connectivity index (χ4n) is 0.802. The third-order valence-electron chi connectivity index (χ3n) is 1.27. The third-order valence-corrected chi connectivity index (χ3v) is 2.05. The SMILES string of the molecule is CC(C)(C)c1nccn1I. The van der Waals surface area contributed by atoms with Crippen LogP contribution in [0.3, 0.4) is 0 Å². The monoisotopic (exact) mass is 250 g/mol. The van der Waals surface area contributed by atoms with Gasteiger partial charge in [-0.2, -0.15) is 0 Å². The van der Waals surface area contributed by atoms with Gasteiger partial charge in [0.1, 0.15) is 5.82 Å². The van der Waals surface area contributed by atoms with Crippen LogP contribution in [0.1, 0.15) is 26.6 Å². The molecule has 0 unspecified atom stereocenters. The molecule has 3 heteroatoms. The van der Waals surface area contributed by atoms with Gasteiger partial charge in [-0.3, -0.25) is 2.78 Å². The molecule has 0 saturated carbocycles. The lowest BCUT2D eigenvalue weighted by atomic mass is 9.96. The Morgan fingerprint density at radius 3 is 2.30 bits per heavy atom. The molecule has 1 aromatic heterocycles. The number of rotatable bonds is 0. The number of nitrogens with zero attached hydrogens (tertiary/aromatic N) is 2. The van der Waals surface area contributed by atoms with E-state index in [9.17, 15) is 0 Å². The number of imidazole rings is 1. The maximum atomic E-state index is 4.24. The Hall–Kier alpha value is -0.0600. The molecule has 1 aromatic rings. The van der Waals surface area contributed by atoms with Crippen LogP contribution in [0.25, 0.3) is 0 Å². The topological polar surface area (TPSA) is 17.8 Å². The lowest BCUT2D eigenvalue weighted by molar-refractivity contribution is 0.550. The predicted octanol–water partition coefficient (Wildman–Crippen LogP) is 2.38. The smallest absolute Gasteiger partial charge is 0.122 e. The van der Waals surface area contributed by atoms with Gasteiger partial charge < -0.3 is 0 Å². The number of halogens is 1. The van der Waals surface area contributed by atoms with Crippen LogP contribution in [0.5, 0.6) is 0 Å². The van der Waals surface area contributed by atoms with Crippen molar-refractivity contribution in [2.75, 3.05) is 0 Å². The van der Waals surface area contributed by atoms with Crippen LogP contribution in [0.4, 0.5) is 0 Å². The summed E-state index contributed by atoms with van der Waals surface area (Å²) in [6, 6.07) is 0. The fraction of sp³-hybridized carbons (Fsp3) is 0.571. The molecule has 0 aliphatic carbocycles. The zero-order chi connectivity index (χ0) is 7.78. The molecule has 1 heterocycles. The number of hydrogen-bond donors (Lipinski definition) is 0. The standard InChI is InChI=1S/C7H11IN2/c1-7(2,3)6-9-4-5-10(6)8/h4-5H,1-3H3. The van der Waals surface area contributed by atoms with Gasteiger partial charge in [0, 0.05) is 17.8 Å². The Balaban J connectivity index is 3.05. The minimum absolute atomic E-state index is 0.157. The summed E-state index contributed by atoms with van der Waals surface area (Å²) >= 11 is 2.23. The Bertz CT molecular complexity index is 222. The first-order chi connectivity index (χ1) is 4.52. The summed E-state index contributed by atoms with van der Waals surface area (Å²) < 4.78 is 2.03. The molecule has 0 fully saturated rings. The number of hydrogen-bond acceptors (Lipinski definition) is 1. The van der Waals surface area contributed by atoms with E-state index in [-0.39, 0.29) is 5.41 Å². The molecule has 0 spiro atoms. The Labute approximate surface area is 75.1 Å². The van der Waals surface area contributed by atoms with Crippen LogP contribution in [0.15, 0.2) is 12.4 Å². The molecule has 0 aliphatic rings. The fourth-order valence-corrected chi connectivity index (χ4v) is 1.79. The lowest BCUT2D eigenvalue weighted by Gasteiger charge is -2.16. The highest BCUT2D eigenvalue weighted by Gasteiger charge is 2.18. The highest BCUT2D eigenvalue weighted by Crippen LogP contribution is 2.21. The van der Waals surface area contributed by atoms with E-state index in [1.165, 1.54) is 0 Å². The van der Waals surface area contributed by atoms with Crippen molar-refractivity contribution in [2.24, 2.45) is 0 Å². The van der Waals surface area contributed by atoms with E-state index in [2.05, 4.69) is 48.6 Å². The molecule has 0 atom stereocenters. The van der Waals surface area contributed by atoms with Gasteiger partial charge in [0.25, 0.3) is 0 Å². The normalized spacial score (nSPS) is 12.0. The second-order valence-corrected chi connectivity index (χ2v) is 4.35. The van der Waals surface area contributed by atoms with Crippen LogP contribution in [0, 0.1) is 0 Å². The van der Waals surface area contributed by atoms with E-state index in [0.29, 0.717) is 0 Å². The van der Waals surface area contributed by atoms with Crippen molar-refractivity contribution < 1.29 is 0 Å². The summed E-state index contributed by atoms with van der Waals surface area (Å²) in [4.78, 5) is 4.24. The first kappa shape index (κ1) is 8.04. The summed E-state index contributed by atoms with van der Waals surface area (Å²) in [6.45, 7) is 6.47. The van der Waals surface area contributed by atoms with Crippen LogP contribution in [0.2, 0.25) is 0 Å². The molecule has 0 aliphatic heterocycles. The first-order valence-electron chi connectivity index (χ1n) is 3.22. The Morgan fingerprint density at radius 1 is 1.50 bits per heavy atom. The van der Waals surface area contributed by atoms with Crippen LogP contribution in [-0.2, 0) is 5.41 Å². The van der Waals surface area contributed by atoms with E-state index in [1.807, 2.05) is 15.2 Å². The van der Waals surface area contributed by atoms with Crippen molar-refractivity contribution in [1.82, 2.24) is 7.76 Å². The summed E-state index contributed by atoms with van der Waals surface area (Å²) in [5.41, 5.74) is 0.157. The largest absolute Gasteiger partial charge is 0.276 e. The predicted molar refractivity (Wildman–Crippen MR) is 50.3 cm³/mol. The highest BCUT2D eigenvalue weighted by molar-refractivity contribution is 14.1. The molecule has 0 aromatic carbocycles. The van der Waals surface area contributed by atoms with Gasteiger partial charge in [-0.05, 0) is 0 Å². The van der Waals surface area contributed by atoms with E-state index in [4.69, 9.17) is 0 Å². The molecule has 0 bridgehead atoms. The molecular formula is C7H11IN2. The Morgan fingerprint density at radius 2 is 2.10 bits per heavy atom. The second kappa shape index (κ2) is 2.53. The van der Waals surface area contributed by atoms with Gasteiger partial charge in [-0.1, -0.05) is 20.8 Å². The van der Waals surface area contributed by atoms with Crippen LogP contribution >= 0.6 is 22.9 Å². The molecule has 10 heavy (non-hydrogen) atoms.